The number of hydrogen-bond donors (Lipinski definition) is 2. The van der Waals surface area contributed by atoms with Crippen molar-refractivity contribution in [3.63, 3.8) is 0 Å². The molecule has 0 aliphatic carbocycles. The Morgan fingerprint density at radius 3 is 2.62 bits per heavy atom. The Balaban J connectivity index is 2.38. The monoisotopic (exact) mass is 330 g/mol. The number of pyridine rings is 1. The van der Waals surface area contributed by atoms with Gasteiger partial charge in [-0.15, -0.1) is 0 Å². The van der Waals surface area contributed by atoms with Crippen molar-refractivity contribution >= 4 is 33.3 Å². The normalized spacial score (nSPS) is 11.1. The lowest BCUT2D eigenvalue weighted by Gasteiger charge is -2.09. The summed E-state index contributed by atoms with van der Waals surface area (Å²) in [6.45, 7) is 0. The summed E-state index contributed by atoms with van der Waals surface area (Å²) < 4.78 is 39.5. The third-order valence-electron chi connectivity index (χ3n) is 2.44. The molecular weight excluding hydrogens is 323 g/mol. The number of hydrogen-bond acceptors (Lipinski definition) is 4. The Bertz CT molecular complexity index is 811. The summed E-state index contributed by atoms with van der Waals surface area (Å²) in [6, 6.07) is 5.63. The molecular formula is C12H8ClFN2O4S. The zero-order valence-electron chi connectivity index (χ0n) is 10.2. The number of carbonyl (C=O) groups is 1. The molecule has 0 amide bonds. The van der Waals surface area contributed by atoms with E-state index in [1.54, 1.807) is 0 Å². The Morgan fingerprint density at radius 2 is 2.05 bits per heavy atom. The van der Waals surface area contributed by atoms with Crippen LogP contribution in [0, 0.1) is 5.82 Å². The molecule has 1 aromatic carbocycles. The van der Waals surface area contributed by atoms with E-state index in [1.807, 2.05) is 0 Å². The molecule has 6 nitrogen and oxygen atoms in total. The average molecular weight is 331 g/mol. The maximum absolute atomic E-state index is 13.5. The average Bonchev–Trinajstić information content (AvgIpc) is 2.41. The minimum Gasteiger partial charge on any atom is -0.478 e. The summed E-state index contributed by atoms with van der Waals surface area (Å²) >= 11 is 5.80. The molecule has 0 unspecified atom stereocenters. The zero-order chi connectivity index (χ0) is 15.6. The number of halogens is 2. The predicted molar refractivity (Wildman–Crippen MR) is 73.4 cm³/mol. The molecule has 1 heterocycles. The molecule has 0 bridgehead atoms. The fraction of sp³-hybridized carbons (Fsp3) is 0. The Labute approximate surface area is 124 Å². The van der Waals surface area contributed by atoms with Crippen molar-refractivity contribution in [1.29, 1.82) is 0 Å². The van der Waals surface area contributed by atoms with Gasteiger partial charge in [0.15, 0.2) is 5.82 Å². The van der Waals surface area contributed by atoms with Gasteiger partial charge in [0.05, 0.1) is 16.3 Å². The molecule has 110 valence electrons. The van der Waals surface area contributed by atoms with Gasteiger partial charge in [-0.3, -0.25) is 4.72 Å². The van der Waals surface area contributed by atoms with E-state index < -0.39 is 26.8 Å². The highest BCUT2D eigenvalue weighted by molar-refractivity contribution is 7.92. The van der Waals surface area contributed by atoms with Gasteiger partial charge in [-0.1, -0.05) is 11.6 Å². The number of anilines is 1. The van der Waals surface area contributed by atoms with Crippen LogP contribution in [0.4, 0.5) is 10.1 Å². The Hall–Kier alpha value is -2.19. The van der Waals surface area contributed by atoms with E-state index in [-0.39, 0.29) is 16.3 Å². The van der Waals surface area contributed by atoms with Crippen LogP contribution >= 0.6 is 11.6 Å². The minimum atomic E-state index is -4.27. The number of aromatic nitrogens is 1. The lowest BCUT2D eigenvalue weighted by molar-refractivity contribution is 0.0697. The van der Waals surface area contributed by atoms with Gasteiger partial charge in [0.2, 0.25) is 5.03 Å². The van der Waals surface area contributed by atoms with E-state index >= 15 is 0 Å². The molecule has 0 saturated heterocycles. The van der Waals surface area contributed by atoms with Gasteiger partial charge in [0.25, 0.3) is 10.0 Å². The van der Waals surface area contributed by atoms with Gasteiger partial charge in [0.1, 0.15) is 0 Å². The first kappa shape index (κ1) is 15.2. The van der Waals surface area contributed by atoms with Crippen LogP contribution in [-0.2, 0) is 10.0 Å². The fourth-order valence-electron chi connectivity index (χ4n) is 1.49. The van der Waals surface area contributed by atoms with Gasteiger partial charge in [0, 0.05) is 6.20 Å². The summed E-state index contributed by atoms with van der Waals surface area (Å²) in [5.74, 6) is -2.22. The molecule has 2 aromatic rings. The van der Waals surface area contributed by atoms with Crippen LogP contribution < -0.4 is 4.72 Å². The van der Waals surface area contributed by atoms with Gasteiger partial charge in [-0.25, -0.2) is 14.2 Å². The van der Waals surface area contributed by atoms with Crippen LogP contribution in [0.1, 0.15) is 10.4 Å². The molecule has 0 atom stereocenters. The molecule has 2 N–H and O–H groups in total. The van der Waals surface area contributed by atoms with Gasteiger partial charge < -0.3 is 5.11 Å². The summed E-state index contributed by atoms with van der Waals surface area (Å²) in [7, 11) is -4.27. The smallest absolute Gasteiger partial charge is 0.335 e. The number of nitrogens with one attached hydrogen (secondary N) is 1. The molecule has 0 radical (unpaired) electrons. The second-order valence-electron chi connectivity index (χ2n) is 3.90. The lowest BCUT2D eigenvalue weighted by atomic mass is 10.2. The van der Waals surface area contributed by atoms with Crippen molar-refractivity contribution in [2.75, 3.05) is 4.72 Å². The maximum Gasteiger partial charge on any atom is 0.335 e. The first-order chi connectivity index (χ1) is 9.81. The predicted octanol–water partition coefficient (Wildman–Crippen LogP) is 2.37. The molecule has 0 fully saturated rings. The van der Waals surface area contributed by atoms with Gasteiger partial charge in [-0.2, -0.15) is 8.42 Å². The summed E-state index contributed by atoms with van der Waals surface area (Å²) in [5.41, 5.74) is -0.182. The van der Waals surface area contributed by atoms with Crippen LogP contribution in [-0.4, -0.2) is 24.5 Å². The van der Waals surface area contributed by atoms with E-state index in [4.69, 9.17) is 16.7 Å². The number of carboxylic acid groups (broad SMARTS) is 1. The van der Waals surface area contributed by atoms with Crippen LogP contribution in [0.25, 0.3) is 0 Å². The lowest BCUT2D eigenvalue weighted by Crippen LogP contribution is -2.16. The van der Waals surface area contributed by atoms with E-state index in [0.29, 0.717) is 0 Å². The second kappa shape index (κ2) is 5.66. The molecule has 0 aliphatic heterocycles. The molecule has 0 spiro atoms. The Kier molecular flexibility index (Phi) is 4.10. The number of sulfonamides is 1. The summed E-state index contributed by atoms with van der Waals surface area (Å²) in [4.78, 5) is 14.2. The number of nitrogens with zero attached hydrogens (tertiary/aromatic N) is 1. The number of rotatable bonds is 4. The van der Waals surface area contributed by atoms with Gasteiger partial charge in [-0.05, 0) is 30.3 Å². The summed E-state index contributed by atoms with van der Waals surface area (Å²) in [6.07, 6.45) is 1.13. The highest BCUT2D eigenvalue weighted by Gasteiger charge is 2.21. The molecule has 2 rings (SSSR count). The van der Waals surface area contributed by atoms with Gasteiger partial charge >= 0.3 is 5.97 Å². The number of benzene rings is 1. The van der Waals surface area contributed by atoms with Crippen LogP contribution in [0.3, 0.4) is 0 Å². The van der Waals surface area contributed by atoms with Crippen molar-refractivity contribution in [3.8, 4) is 0 Å². The number of carboxylic acids is 1. The largest absolute Gasteiger partial charge is 0.478 e. The van der Waals surface area contributed by atoms with Crippen LogP contribution in [0.5, 0.6) is 0 Å². The molecule has 0 saturated carbocycles. The van der Waals surface area contributed by atoms with Crippen molar-refractivity contribution in [1.82, 2.24) is 4.98 Å². The van der Waals surface area contributed by atoms with Crippen molar-refractivity contribution in [2.45, 2.75) is 5.03 Å². The van der Waals surface area contributed by atoms with E-state index in [0.717, 1.165) is 18.3 Å². The highest BCUT2D eigenvalue weighted by Crippen LogP contribution is 2.26. The fourth-order valence-corrected chi connectivity index (χ4v) is 2.87. The maximum atomic E-state index is 13.5. The van der Waals surface area contributed by atoms with E-state index in [9.17, 15) is 17.6 Å². The van der Waals surface area contributed by atoms with Crippen LogP contribution in [0.15, 0.2) is 41.6 Å². The standard InChI is InChI=1S/C12H8ClFN2O4S/c13-8-6-7(12(17)18)3-4-10(8)16-21(19,20)11-9(14)2-1-5-15-11/h1-6,16H,(H,17,18). The third kappa shape index (κ3) is 3.29. The second-order valence-corrected chi connectivity index (χ2v) is 5.90. The van der Waals surface area contributed by atoms with Crippen LogP contribution in [0.2, 0.25) is 5.02 Å². The van der Waals surface area contributed by atoms with E-state index in [2.05, 4.69) is 9.71 Å². The van der Waals surface area contributed by atoms with Crippen molar-refractivity contribution in [3.05, 3.63) is 52.9 Å². The first-order valence-corrected chi connectivity index (χ1v) is 7.33. The molecule has 9 heteroatoms. The molecule has 21 heavy (non-hydrogen) atoms. The minimum absolute atomic E-state index is 0.0771. The third-order valence-corrected chi connectivity index (χ3v) is 4.05. The quantitative estimate of drug-likeness (QED) is 0.897. The SMILES string of the molecule is O=C(O)c1ccc(NS(=O)(=O)c2ncccc2F)c(Cl)c1. The topological polar surface area (TPSA) is 96.4 Å². The zero-order valence-corrected chi connectivity index (χ0v) is 11.8. The summed E-state index contributed by atoms with van der Waals surface area (Å²) in [5, 5.41) is 7.89. The van der Waals surface area contributed by atoms with Crippen molar-refractivity contribution in [2.24, 2.45) is 0 Å². The first-order valence-electron chi connectivity index (χ1n) is 5.47. The van der Waals surface area contributed by atoms with Crippen molar-refractivity contribution < 1.29 is 22.7 Å². The number of aromatic carboxylic acids is 1. The Morgan fingerprint density at radius 1 is 1.33 bits per heavy atom. The highest BCUT2D eigenvalue weighted by atomic mass is 35.5. The van der Waals surface area contributed by atoms with E-state index in [1.165, 1.54) is 18.2 Å². The molecule has 0 aliphatic rings. The molecule has 1 aromatic heterocycles.